The first-order valence-electron chi connectivity index (χ1n) is 6.71. The Morgan fingerprint density at radius 3 is 0.692 bits per heavy atom. The molecule has 0 aliphatic heterocycles. The zero-order valence-corrected chi connectivity index (χ0v) is 14.6. The molecule has 0 atom stereocenters. The van der Waals surface area contributed by atoms with E-state index in [0.717, 1.165) is 0 Å². The Bertz CT molecular complexity index is 413. The maximum absolute atomic E-state index is 9.87. The van der Waals surface area contributed by atoms with E-state index >= 15 is 0 Å². The highest BCUT2D eigenvalue weighted by atomic mass is 16.4. The van der Waals surface area contributed by atoms with Gasteiger partial charge in [-0.2, -0.15) is 0 Å². The van der Waals surface area contributed by atoms with Crippen LogP contribution in [0.1, 0.15) is 40.0 Å². The Balaban J connectivity index is -0.000000125. The molecule has 0 aliphatic carbocycles. The number of carboxylic acid groups (broad SMARTS) is 4. The molecule has 0 aromatic heterocycles. The molecule has 0 unspecified atom stereocenters. The maximum atomic E-state index is 9.87. The largest absolute Gasteiger partial charge is 0.481 e. The molecule has 12 nitrogen and oxygen atoms in total. The number of ketones is 3. The van der Waals surface area contributed by atoms with Gasteiger partial charge in [-0.15, -0.1) is 0 Å². The van der Waals surface area contributed by atoms with Crippen molar-refractivity contribution >= 4 is 41.2 Å². The average molecular weight is 381 g/mol. The monoisotopic (exact) mass is 381 g/mol. The summed E-state index contributed by atoms with van der Waals surface area (Å²) in [6, 6.07) is 0. The van der Waals surface area contributed by atoms with Gasteiger partial charge in [-0.25, -0.2) is 0 Å². The number of Topliss-reactive ketones (excluding diaryl/α,β-unsaturated/α-hetero) is 3. The van der Waals surface area contributed by atoms with E-state index < -0.39 is 23.9 Å². The van der Waals surface area contributed by atoms with Gasteiger partial charge in [0.2, 0.25) is 0 Å². The molecule has 0 spiro atoms. The van der Waals surface area contributed by atoms with Crippen LogP contribution in [0.5, 0.6) is 0 Å². The van der Waals surface area contributed by atoms with E-state index in [1.54, 1.807) is 0 Å². The number of hydrogen-bond donors (Lipinski definition) is 5. The second kappa shape index (κ2) is 19.9. The minimum atomic E-state index is -1.06. The molecule has 0 heterocycles. The lowest BCUT2D eigenvalue weighted by atomic mass is 10.3. The van der Waals surface area contributed by atoms with Gasteiger partial charge in [-0.1, -0.05) is 0 Å². The molecule has 0 aliphatic rings. The van der Waals surface area contributed by atoms with Crippen molar-refractivity contribution in [1.29, 1.82) is 0 Å². The van der Waals surface area contributed by atoms with Crippen molar-refractivity contribution < 1.29 is 54.0 Å². The summed E-state index contributed by atoms with van der Waals surface area (Å²) in [4.78, 5) is 67.6. The zero-order chi connectivity index (χ0) is 21.9. The highest BCUT2D eigenvalue weighted by Crippen LogP contribution is 1.78. The van der Waals surface area contributed by atoms with Gasteiger partial charge < -0.3 is 26.2 Å². The molecule has 0 fully saturated rings. The van der Waals surface area contributed by atoms with Crippen LogP contribution >= 0.6 is 0 Å². The first-order chi connectivity index (χ1) is 11.6. The molecule has 0 amide bonds. The molecule has 26 heavy (non-hydrogen) atoms. The van der Waals surface area contributed by atoms with E-state index in [4.69, 9.17) is 20.4 Å². The molecule has 0 saturated heterocycles. The molecular formula is C14H23NO11. The number of nitrogens with two attached hydrogens (primary N) is 1. The van der Waals surface area contributed by atoms with Crippen molar-refractivity contribution in [1.82, 2.24) is 0 Å². The average Bonchev–Trinajstić information content (AvgIpc) is 2.35. The fourth-order valence-corrected chi connectivity index (χ4v) is 0.639. The Hall–Kier alpha value is -3.15. The van der Waals surface area contributed by atoms with Gasteiger partial charge in [0.15, 0.2) is 0 Å². The quantitative estimate of drug-likeness (QED) is 0.341. The van der Waals surface area contributed by atoms with Gasteiger partial charge >= 0.3 is 23.9 Å². The third-order valence-electron chi connectivity index (χ3n) is 1.38. The van der Waals surface area contributed by atoms with Crippen LogP contribution in [0.15, 0.2) is 0 Å². The van der Waals surface area contributed by atoms with Gasteiger partial charge in [-0.3, -0.25) is 33.6 Å². The molecule has 0 aromatic carbocycles. The van der Waals surface area contributed by atoms with Crippen molar-refractivity contribution in [3.05, 3.63) is 0 Å². The number of hydrogen-bond acceptors (Lipinski definition) is 8. The smallest absolute Gasteiger partial charge is 0.317 e. The van der Waals surface area contributed by atoms with Crippen LogP contribution in [0.3, 0.4) is 0 Å². The van der Waals surface area contributed by atoms with Crippen molar-refractivity contribution in [2.45, 2.75) is 40.0 Å². The lowest BCUT2D eigenvalue weighted by Gasteiger charge is -1.80. The van der Waals surface area contributed by atoms with Crippen LogP contribution in [0.2, 0.25) is 0 Å². The topological polar surface area (TPSA) is 226 Å². The lowest BCUT2D eigenvalue weighted by molar-refractivity contribution is -0.141. The van der Waals surface area contributed by atoms with E-state index in [-0.39, 0.29) is 43.2 Å². The molecular weight excluding hydrogens is 358 g/mol. The van der Waals surface area contributed by atoms with Gasteiger partial charge in [0, 0.05) is 0 Å². The highest BCUT2D eigenvalue weighted by molar-refractivity contribution is 5.93. The fourth-order valence-electron chi connectivity index (χ4n) is 0.639. The standard InChI is InChI=1S/3C4H6O3.C2H5NO2/c3*1-3(5)2-4(6)7;3-1-2(4)5/h3*2H2,1H3,(H,6,7);1,3H2,(H,4,5). The van der Waals surface area contributed by atoms with E-state index in [0.29, 0.717) is 0 Å². The normalized spacial score (nSPS) is 8.00. The molecule has 6 N–H and O–H groups in total. The van der Waals surface area contributed by atoms with Crippen molar-refractivity contribution in [2.75, 3.05) is 6.54 Å². The summed E-state index contributed by atoms with van der Waals surface area (Å²) in [5.41, 5.74) is 4.57. The van der Waals surface area contributed by atoms with Crippen molar-refractivity contribution in [2.24, 2.45) is 5.73 Å². The molecule has 12 heteroatoms. The van der Waals surface area contributed by atoms with Crippen LogP contribution in [0, 0.1) is 0 Å². The summed E-state index contributed by atoms with van der Waals surface area (Å²) >= 11 is 0. The second-order valence-electron chi connectivity index (χ2n) is 4.42. The first-order valence-corrected chi connectivity index (χ1v) is 6.71. The van der Waals surface area contributed by atoms with E-state index in [9.17, 15) is 33.6 Å². The summed E-state index contributed by atoms with van der Waals surface area (Å²) in [7, 11) is 0. The highest BCUT2D eigenvalue weighted by Gasteiger charge is 1.99. The van der Waals surface area contributed by atoms with Gasteiger partial charge in [-0.05, 0) is 20.8 Å². The number of carbonyl (C=O) groups is 7. The van der Waals surface area contributed by atoms with Crippen LogP contribution in [-0.4, -0.2) is 68.2 Å². The molecule has 0 bridgehead atoms. The van der Waals surface area contributed by atoms with Gasteiger partial charge in [0.05, 0.1) is 6.54 Å². The van der Waals surface area contributed by atoms with E-state index in [2.05, 4.69) is 5.73 Å². The molecule has 0 aromatic rings. The Labute approximate surface area is 148 Å². The zero-order valence-electron chi connectivity index (χ0n) is 14.6. The van der Waals surface area contributed by atoms with E-state index in [1.165, 1.54) is 20.8 Å². The summed E-state index contributed by atoms with van der Waals surface area (Å²) < 4.78 is 0. The SMILES string of the molecule is CC(=O)CC(=O)O.CC(=O)CC(=O)O.CC(=O)CC(=O)O.NCC(=O)O. The van der Waals surface area contributed by atoms with Crippen molar-refractivity contribution in [3.63, 3.8) is 0 Å². The number of aliphatic carboxylic acids is 4. The van der Waals surface area contributed by atoms with Gasteiger partial charge in [0.25, 0.3) is 0 Å². The molecule has 0 radical (unpaired) electrons. The first kappa shape index (κ1) is 30.7. The van der Waals surface area contributed by atoms with Gasteiger partial charge in [0.1, 0.15) is 36.6 Å². The summed E-state index contributed by atoms with van der Waals surface area (Å²) in [5, 5.41) is 31.2. The summed E-state index contributed by atoms with van der Waals surface area (Å²) in [6.07, 6.45) is -1.08. The molecule has 150 valence electrons. The van der Waals surface area contributed by atoms with Crippen LogP contribution in [0.4, 0.5) is 0 Å². The third-order valence-corrected chi connectivity index (χ3v) is 1.38. The third kappa shape index (κ3) is 69.8. The second-order valence-corrected chi connectivity index (χ2v) is 4.42. The van der Waals surface area contributed by atoms with Crippen LogP contribution in [0.25, 0.3) is 0 Å². The van der Waals surface area contributed by atoms with E-state index in [1.807, 2.05) is 0 Å². The lowest BCUT2D eigenvalue weighted by Crippen LogP contribution is -2.10. The Morgan fingerprint density at radius 1 is 0.538 bits per heavy atom. The Kier molecular flexibility index (Phi) is 23.5. The maximum Gasteiger partial charge on any atom is 0.317 e. The predicted octanol–water partition coefficient (Wildman–Crippen LogP) is -0.820. The van der Waals surface area contributed by atoms with Crippen molar-refractivity contribution in [3.8, 4) is 0 Å². The fraction of sp³-hybridized carbons (Fsp3) is 0.500. The minimum Gasteiger partial charge on any atom is -0.481 e. The predicted molar refractivity (Wildman–Crippen MR) is 85.5 cm³/mol. The van der Waals surface area contributed by atoms with Crippen LogP contribution in [-0.2, 0) is 33.6 Å². The minimum absolute atomic E-state index is 0.278. The summed E-state index contributed by atoms with van der Waals surface area (Å²) in [5.74, 6) is -5.09. The Morgan fingerprint density at radius 2 is 0.692 bits per heavy atom. The molecule has 0 rings (SSSR count). The van der Waals surface area contributed by atoms with Crippen LogP contribution < -0.4 is 5.73 Å². The molecule has 0 saturated carbocycles. The number of rotatable bonds is 7. The number of carbonyl (C=O) groups excluding carboxylic acids is 3. The number of carboxylic acids is 4. The summed E-state index contributed by atoms with van der Waals surface area (Å²) in [6.45, 7) is 3.45.